The summed E-state index contributed by atoms with van der Waals surface area (Å²) in [6, 6.07) is 0.0467. The molecule has 6 heteroatoms. The van der Waals surface area contributed by atoms with E-state index in [4.69, 9.17) is 0 Å². The molecule has 0 aromatic rings. The molecule has 0 aromatic heterocycles. The molecule has 0 radical (unpaired) electrons. The molecule has 0 aliphatic carbocycles. The summed E-state index contributed by atoms with van der Waals surface area (Å²) in [5.74, 6) is 1.57. The first-order valence-corrected chi connectivity index (χ1v) is 10.1. The first-order valence-electron chi connectivity index (χ1n) is 8.36. The number of likely N-dealkylation sites (N-methyl/N-ethyl adjacent to an activating group) is 1. The van der Waals surface area contributed by atoms with Gasteiger partial charge in [0, 0.05) is 20.1 Å². The van der Waals surface area contributed by atoms with Crippen molar-refractivity contribution in [1.82, 2.24) is 15.5 Å². The van der Waals surface area contributed by atoms with E-state index in [9.17, 15) is 4.79 Å². The zero-order chi connectivity index (χ0) is 16.8. The fraction of sp³-hybridized carbons (Fsp3) is 0.706. The van der Waals surface area contributed by atoms with Gasteiger partial charge in [-0.05, 0) is 51.0 Å². The van der Waals surface area contributed by atoms with Gasteiger partial charge in [0.25, 0.3) is 0 Å². The third-order valence-electron chi connectivity index (χ3n) is 4.45. The molecule has 3 atom stereocenters. The Labute approximate surface area is 142 Å². The number of allylic oxidation sites excluding steroid dienone is 2. The van der Waals surface area contributed by atoms with Crippen LogP contribution < -0.4 is 10.6 Å². The number of rotatable bonds is 3. The Balaban J connectivity index is 2.03. The van der Waals surface area contributed by atoms with Crippen LogP contribution in [-0.4, -0.2) is 55.7 Å². The molecule has 1 saturated heterocycles. The van der Waals surface area contributed by atoms with E-state index in [1.165, 1.54) is 5.57 Å². The molecule has 23 heavy (non-hydrogen) atoms. The van der Waals surface area contributed by atoms with Crippen LogP contribution in [0.15, 0.2) is 28.3 Å². The van der Waals surface area contributed by atoms with Gasteiger partial charge in [-0.2, -0.15) is 0 Å². The third-order valence-corrected chi connectivity index (χ3v) is 5.61. The van der Waals surface area contributed by atoms with Crippen molar-refractivity contribution in [2.75, 3.05) is 38.8 Å². The molecule has 2 aliphatic rings. The maximum Gasteiger partial charge on any atom is 0.237 e. The van der Waals surface area contributed by atoms with Gasteiger partial charge in [-0.1, -0.05) is 22.8 Å². The summed E-state index contributed by atoms with van der Waals surface area (Å²) in [5.41, 5.74) is 2.19. The molecular weight excluding hydrogens is 308 g/mol. The Bertz CT molecular complexity index is 515. The predicted octanol–water partition coefficient (Wildman–Crippen LogP) is 1.66. The summed E-state index contributed by atoms with van der Waals surface area (Å²) in [7, 11) is 1.71. The van der Waals surface area contributed by atoms with E-state index in [1.54, 1.807) is 7.05 Å². The van der Waals surface area contributed by atoms with Crippen LogP contribution in [0.4, 0.5) is 0 Å². The van der Waals surface area contributed by atoms with Gasteiger partial charge in [0.15, 0.2) is 0 Å². The van der Waals surface area contributed by atoms with Crippen LogP contribution in [-0.2, 0) is 15.5 Å². The molecule has 0 bridgehead atoms. The first kappa shape index (κ1) is 18.4. The molecule has 0 spiro atoms. The Hall–Kier alpha value is -0.980. The summed E-state index contributed by atoms with van der Waals surface area (Å²) in [6.07, 6.45) is 7.36. The van der Waals surface area contributed by atoms with Crippen molar-refractivity contribution in [2.45, 2.75) is 32.2 Å². The maximum absolute atomic E-state index is 12.0. The van der Waals surface area contributed by atoms with Gasteiger partial charge in [-0.25, -0.2) is 4.36 Å². The fourth-order valence-electron chi connectivity index (χ4n) is 3.51. The number of hydrogen-bond donors (Lipinski definition) is 2. The lowest BCUT2D eigenvalue weighted by molar-refractivity contribution is -0.125. The average molecular weight is 339 g/mol. The first-order chi connectivity index (χ1) is 11.0. The molecular formula is C17H30N4OS. The van der Waals surface area contributed by atoms with Gasteiger partial charge >= 0.3 is 0 Å². The Morgan fingerprint density at radius 3 is 3.13 bits per heavy atom. The van der Waals surface area contributed by atoms with Gasteiger partial charge in [0.05, 0.1) is 17.6 Å². The molecule has 2 aliphatic heterocycles. The maximum atomic E-state index is 12.0. The summed E-state index contributed by atoms with van der Waals surface area (Å²) >= 11 is 0. The number of nitrogens with one attached hydrogen (secondary N) is 2. The second-order valence-corrected chi connectivity index (χ2v) is 8.28. The lowest BCUT2D eigenvalue weighted by Gasteiger charge is -2.29. The number of nitrogens with zero attached hydrogens (tertiary/aromatic N) is 2. The SMILES string of the molecule is C=C1/C=C(\C)CC(CN2CCCC2C(=O)NC)CNCS(C)=N1. The zero-order valence-electron chi connectivity index (χ0n) is 14.6. The highest BCUT2D eigenvalue weighted by molar-refractivity contribution is 7.86. The van der Waals surface area contributed by atoms with E-state index in [0.717, 1.165) is 50.5 Å². The lowest BCUT2D eigenvalue weighted by atomic mass is 9.98. The van der Waals surface area contributed by atoms with E-state index >= 15 is 0 Å². The minimum Gasteiger partial charge on any atom is -0.358 e. The number of amides is 1. The molecule has 1 fully saturated rings. The molecule has 0 saturated carbocycles. The molecule has 130 valence electrons. The number of likely N-dealkylation sites (tertiary alicyclic amines) is 1. The summed E-state index contributed by atoms with van der Waals surface area (Å²) in [6.45, 7) is 9.16. The minimum atomic E-state index is -0.0251. The Morgan fingerprint density at radius 2 is 2.39 bits per heavy atom. The molecule has 2 heterocycles. The van der Waals surface area contributed by atoms with Gasteiger partial charge in [0.1, 0.15) is 0 Å². The van der Waals surface area contributed by atoms with Crippen molar-refractivity contribution < 1.29 is 4.79 Å². The molecule has 5 nitrogen and oxygen atoms in total. The zero-order valence-corrected chi connectivity index (χ0v) is 15.4. The summed E-state index contributed by atoms with van der Waals surface area (Å²) < 4.78 is 4.59. The topological polar surface area (TPSA) is 56.7 Å². The number of hydrogen-bond acceptors (Lipinski definition) is 4. The normalized spacial score (nSPS) is 32.7. The molecule has 2 rings (SSSR count). The van der Waals surface area contributed by atoms with Gasteiger partial charge in [0.2, 0.25) is 5.91 Å². The van der Waals surface area contributed by atoms with Crippen molar-refractivity contribution in [3.8, 4) is 0 Å². The Kier molecular flexibility index (Phi) is 6.99. The van der Waals surface area contributed by atoms with Crippen molar-refractivity contribution in [3.63, 3.8) is 0 Å². The largest absolute Gasteiger partial charge is 0.358 e. The fourth-order valence-corrected chi connectivity index (χ4v) is 4.44. The second kappa shape index (κ2) is 8.76. The van der Waals surface area contributed by atoms with Crippen LogP contribution in [0.3, 0.4) is 0 Å². The number of carbonyl (C=O) groups is 1. The van der Waals surface area contributed by atoms with Gasteiger partial charge in [-0.15, -0.1) is 0 Å². The summed E-state index contributed by atoms with van der Waals surface area (Å²) in [5, 5.41) is 6.36. The second-order valence-electron chi connectivity index (χ2n) is 6.61. The molecule has 1 amide bonds. The minimum absolute atomic E-state index is 0.0251. The molecule has 2 N–H and O–H groups in total. The Morgan fingerprint density at radius 1 is 1.61 bits per heavy atom. The van der Waals surface area contributed by atoms with E-state index in [-0.39, 0.29) is 22.6 Å². The van der Waals surface area contributed by atoms with Crippen LogP contribution in [0.1, 0.15) is 26.2 Å². The van der Waals surface area contributed by atoms with Crippen molar-refractivity contribution in [1.29, 1.82) is 0 Å². The highest BCUT2D eigenvalue weighted by Crippen LogP contribution is 2.22. The standard InChI is InChI=1S/C17H30N4OS/c1-13-8-14(2)20-23(4)12-19-10-15(9-13)11-21-7-5-6-16(21)17(22)18-3/h8,15-16,19H,2,5-7,9-12H2,1,3-4H3,(H,18,22)/b13-8+. The van der Waals surface area contributed by atoms with Crippen LogP contribution in [0.5, 0.6) is 0 Å². The quantitative estimate of drug-likeness (QED) is 0.823. The van der Waals surface area contributed by atoms with Crippen LogP contribution >= 0.6 is 0 Å². The van der Waals surface area contributed by atoms with E-state index in [0.29, 0.717) is 5.92 Å². The number of carbonyl (C=O) groups excluding carboxylic acids is 1. The smallest absolute Gasteiger partial charge is 0.237 e. The van der Waals surface area contributed by atoms with Crippen molar-refractivity contribution >= 4 is 16.6 Å². The monoisotopic (exact) mass is 338 g/mol. The predicted molar refractivity (Wildman–Crippen MR) is 98.3 cm³/mol. The van der Waals surface area contributed by atoms with Crippen molar-refractivity contribution in [3.05, 3.63) is 23.9 Å². The van der Waals surface area contributed by atoms with E-state index < -0.39 is 0 Å². The van der Waals surface area contributed by atoms with E-state index in [2.05, 4.69) is 45.7 Å². The van der Waals surface area contributed by atoms with E-state index in [1.807, 2.05) is 0 Å². The highest BCUT2D eigenvalue weighted by Gasteiger charge is 2.31. The van der Waals surface area contributed by atoms with Crippen molar-refractivity contribution in [2.24, 2.45) is 10.3 Å². The summed E-state index contributed by atoms with van der Waals surface area (Å²) in [4.78, 5) is 14.4. The van der Waals surface area contributed by atoms with Crippen LogP contribution in [0.25, 0.3) is 0 Å². The van der Waals surface area contributed by atoms with Crippen LogP contribution in [0, 0.1) is 5.92 Å². The highest BCUT2D eigenvalue weighted by atomic mass is 32.2. The van der Waals surface area contributed by atoms with Gasteiger partial charge in [-0.3, -0.25) is 9.69 Å². The lowest BCUT2D eigenvalue weighted by Crippen LogP contribution is -2.45. The molecule has 3 unspecified atom stereocenters. The third kappa shape index (κ3) is 5.55. The van der Waals surface area contributed by atoms with Gasteiger partial charge < -0.3 is 10.6 Å². The van der Waals surface area contributed by atoms with Crippen LogP contribution in [0.2, 0.25) is 0 Å². The molecule has 0 aromatic carbocycles. The average Bonchev–Trinajstić information content (AvgIpc) is 2.93.